The number of piperazine rings is 1. The molecule has 0 N–H and O–H groups in total. The summed E-state index contributed by atoms with van der Waals surface area (Å²) >= 11 is 0. The molecule has 0 bridgehead atoms. The lowest BCUT2D eigenvalue weighted by atomic mass is 10.1. The van der Waals surface area contributed by atoms with Crippen molar-refractivity contribution in [3.05, 3.63) is 17.0 Å². The summed E-state index contributed by atoms with van der Waals surface area (Å²) in [6.07, 6.45) is 1.24. The number of aromatic nitrogens is 2. The number of carbonyl (C=O) groups excluding carboxylic acids is 2. The average Bonchev–Trinajstić information content (AvgIpc) is 2.65. The van der Waals surface area contributed by atoms with Crippen molar-refractivity contribution in [2.24, 2.45) is 7.05 Å². The number of nitrogens with zero attached hydrogens (tertiary/aromatic N) is 4. The lowest BCUT2D eigenvalue weighted by molar-refractivity contribution is -0.134. The van der Waals surface area contributed by atoms with Crippen molar-refractivity contribution >= 4 is 12.3 Å². The van der Waals surface area contributed by atoms with Crippen LogP contribution in [0.15, 0.2) is 0 Å². The van der Waals surface area contributed by atoms with Gasteiger partial charge in [-0.25, -0.2) is 0 Å². The van der Waals surface area contributed by atoms with Crippen molar-refractivity contribution < 1.29 is 9.59 Å². The van der Waals surface area contributed by atoms with Gasteiger partial charge in [0.1, 0.15) is 0 Å². The third kappa shape index (κ3) is 2.77. The standard InChI is InChI=1S/C13H20N4O2/c1-10-12(11(2)15(3)14-10)8-13(19)17-6-4-16(9-18)5-7-17/h9H,4-8H2,1-3H3. The fourth-order valence-corrected chi connectivity index (χ4v) is 2.41. The van der Waals surface area contributed by atoms with Crippen LogP contribution in [-0.2, 0) is 23.1 Å². The zero-order chi connectivity index (χ0) is 14.0. The van der Waals surface area contributed by atoms with Crippen LogP contribution in [0, 0.1) is 13.8 Å². The third-order valence-electron chi connectivity index (χ3n) is 3.80. The molecule has 0 unspecified atom stereocenters. The molecule has 0 aromatic carbocycles. The lowest BCUT2D eigenvalue weighted by Gasteiger charge is -2.32. The molecule has 2 amide bonds. The Balaban J connectivity index is 2.00. The van der Waals surface area contributed by atoms with E-state index in [2.05, 4.69) is 5.10 Å². The van der Waals surface area contributed by atoms with Crippen LogP contribution in [0.5, 0.6) is 0 Å². The number of carbonyl (C=O) groups is 2. The summed E-state index contributed by atoms with van der Waals surface area (Å²) in [6, 6.07) is 0. The van der Waals surface area contributed by atoms with Crippen molar-refractivity contribution in [1.29, 1.82) is 0 Å². The van der Waals surface area contributed by atoms with Gasteiger partial charge < -0.3 is 9.80 Å². The number of aryl methyl sites for hydroxylation is 2. The maximum Gasteiger partial charge on any atom is 0.227 e. The van der Waals surface area contributed by atoms with E-state index in [-0.39, 0.29) is 5.91 Å². The topological polar surface area (TPSA) is 58.4 Å². The van der Waals surface area contributed by atoms with Gasteiger partial charge in [-0.2, -0.15) is 5.10 Å². The molecule has 1 aromatic heterocycles. The summed E-state index contributed by atoms with van der Waals surface area (Å²) in [5.41, 5.74) is 2.97. The summed E-state index contributed by atoms with van der Waals surface area (Å²) < 4.78 is 1.81. The van der Waals surface area contributed by atoms with Crippen LogP contribution in [0.25, 0.3) is 0 Å². The van der Waals surface area contributed by atoms with E-state index < -0.39 is 0 Å². The second-order valence-electron chi connectivity index (χ2n) is 4.97. The van der Waals surface area contributed by atoms with Gasteiger partial charge in [-0.3, -0.25) is 14.3 Å². The molecular formula is C13H20N4O2. The van der Waals surface area contributed by atoms with E-state index >= 15 is 0 Å². The molecule has 2 heterocycles. The Kier molecular flexibility index (Phi) is 3.87. The Bertz CT molecular complexity index is 487. The highest BCUT2D eigenvalue weighted by Crippen LogP contribution is 2.14. The van der Waals surface area contributed by atoms with Gasteiger partial charge in [0, 0.05) is 44.5 Å². The maximum atomic E-state index is 12.3. The van der Waals surface area contributed by atoms with Gasteiger partial charge in [0.25, 0.3) is 0 Å². The predicted molar refractivity (Wildman–Crippen MR) is 70.6 cm³/mol. The van der Waals surface area contributed by atoms with Crippen molar-refractivity contribution in [3.63, 3.8) is 0 Å². The molecule has 19 heavy (non-hydrogen) atoms. The average molecular weight is 264 g/mol. The molecule has 0 saturated carbocycles. The van der Waals surface area contributed by atoms with E-state index in [4.69, 9.17) is 0 Å². The third-order valence-corrected chi connectivity index (χ3v) is 3.80. The van der Waals surface area contributed by atoms with E-state index in [1.54, 1.807) is 4.90 Å². The van der Waals surface area contributed by atoms with E-state index in [9.17, 15) is 9.59 Å². The molecule has 1 fully saturated rings. The zero-order valence-corrected chi connectivity index (χ0v) is 11.7. The molecule has 2 rings (SSSR count). The number of amides is 2. The minimum atomic E-state index is 0.116. The summed E-state index contributed by atoms with van der Waals surface area (Å²) in [5.74, 6) is 0.116. The van der Waals surface area contributed by atoms with Gasteiger partial charge in [-0.1, -0.05) is 0 Å². The Morgan fingerprint density at radius 2 is 1.89 bits per heavy atom. The van der Waals surface area contributed by atoms with Crippen LogP contribution >= 0.6 is 0 Å². The van der Waals surface area contributed by atoms with Crippen LogP contribution in [0.4, 0.5) is 0 Å². The van der Waals surface area contributed by atoms with Gasteiger partial charge in [-0.15, -0.1) is 0 Å². The highest BCUT2D eigenvalue weighted by Gasteiger charge is 2.22. The van der Waals surface area contributed by atoms with E-state index in [0.29, 0.717) is 32.6 Å². The monoisotopic (exact) mass is 264 g/mol. The summed E-state index contributed by atoms with van der Waals surface area (Å²) in [6.45, 7) is 6.40. The van der Waals surface area contributed by atoms with E-state index in [0.717, 1.165) is 23.4 Å². The zero-order valence-electron chi connectivity index (χ0n) is 11.7. The number of hydrogen-bond acceptors (Lipinski definition) is 3. The van der Waals surface area contributed by atoms with Crippen LogP contribution in [-0.4, -0.2) is 58.1 Å². The first-order chi connectivity index (χ1) is 9.02. The molecule has 104 valence electrons. The molecule has 0 radical (unpaired) electrons. The Morgan fingerprint density at radius 1 is 1.26 bits per heavy atom. The number of rotatable bonds is 3. The molecule has 6 heteroatoms. The molecule has 0 spiro atoms. The number of hydrogen-bond donors (Lipinski definition) is 0. The van der Waals surface area contributed by atoms with Crippen molar-refractivity contribution in [3.8, 4) is 0 Å². The second kappa shape index (κ2) is 5.42. The lowest BCUT2D eigenvalue weighted by Crippen LogP contribution is -2.48. The molecule has 1 aliphatic heterocycles. The minimum absolute atomic E-state index is 0.116. The SMILES string of the molecule is Cc1nn(C)c(C)c1CC(=O)N1CCN(C=O)CC1. The van der Waals surface area contributed by atoms with Gasteiger partial charge in [0.2, 0.25) is 12.3 Å². The largest absolute Gasteiger partial charge is 0.342 e. The van der Waals surface area contributed by atoms with Crippen molar-refractivity contribution in [2.45, 2.75) is 20.3 Å². The van der Waals surface area contributed by atoms with Gasteiger partial charge in [0.15, 0.2) is 0 Å². The fourth-order valence-electron chi connectivity index (χ4n) is 2.41. The van der Waals surface area contributed by atoms with Gasteiger partial charge in [0.05, 0.1) is 12.1 Å². The predicted octanol–water partition coefficient (Wildman–Crippen LogP) is -0.120. The van der Waals surface area contributed by atoms with E-state index in [1.807, 2.05) is 30.5 Å². The Hall–Kier alpha value is -1.85. The molecule has 1 aromatic rings. The molecule has 6 nitrogen and oxygen atoms in total. The summed E-state index contributed by atoms with van der Waals surface area (Å²) in [4.78, 5) is 26.4. The normalized spacial score (nSPS) is 15.7. The summed E-state index contributed by atoms with van der Waals surface area (Å²) in [7, 11) is 1.89. The first-order valence-electron chi connectivity index (χ1n) is 6.49. The molecule has 1 aliphatic rings. The van der Waals surface area contributed by atoms with E-state index in [1.165, 1.54) is 0 Å². The molecular weight excluding hydrogens is 244 g/mol. The van der Waals surface area contributed by atoms with Crippen LogP contribution < -0.4 is 0 Å². The van der Waals surface area contributed by atoms with Crippen LogP contribution in [0.1, 0.15) is 17.0 Å². The fraction of sp³-hybridized carbons (Fsp3) is 0.615. The van der Waals surface area contributed by atoms with Crippen molar-refractivity contribution in [1.82, 2.24) is 19.6 Å². The van der Waals surface area contributed by atoms with Crippen LogP contribution in [0.2, 0.25) is 0 Å². The second-order valence-corrected chi connectivity index (χ2v) is 4.97. The quantitative estimate of drug-likeness (QED) is 0.715. The highest BCUT2D eigenvalue weighted by atomic mass is 16.2. The molecule has 1 saturated heterocycles. The summed E-state index contributed by atoms with van der Waals surface area (Å²) in [5, 5.41) is 4.33. The maximum absolute atomic E-state index is 12.3. The van der Waals surface area contributed by atoms with Crippen LogP contribution in [0.3, 0.4) is 0 Å². The van der Waals surface area contributed by atoms with Gasteiger partial charge >= 0.3 is 0 Å². The first-order valence-corrected chi connectivity index (χ1v) is 6.49. The van der Waals surface area contributed by atoms with Gasteiger partial charge in [-0.05, 0) is 13.8 Å². The Labute approximate surface area is 113 Å². The minimum Gasteiger partial charge on any atom is -0.342 e. The molecule has 0 aliphatic carbocycles. The Morgan fingerprint density at radius 3 is 2.37 bits per heavy atom. The highest BCUT2D eigenvalue weighted by molar-refractivity contribution is 5.79. The molecule has 0 atom stereocenters. The first kappa shape index (κ1) is 13.6. The smallest absolute Gasteiger partial charge is 0.227 e. The van der Waals surface area contributed by atoms with Crippen molar-refractivity contribution in [2.75, 3.05) is 26.2 Å².